The lowest BCUT2D eigenvalue weighted by Crippen LogP contribution is -1.68. The number of phenols is 1. The minimum atomic E-state index is -0.258. The Bertz CT molecular complexity index is 436. The first-order valence-electron chi connectivity index (χ1n) is 3.28. The van der Waals surface area contributed by atoms with Crippen LogP contribution in [0.5, 0.6) is 5.75 Å². The lowest BCUT2D eigenvalue weighted by molar-refractivity contribution is 0.475. The monoisotopic (exact) mass is 200 g/mol. The van der Waals surface area contributed by atoms with Crippen LogP contribution in [0.4, 0.5) is 4.39 Å². The summed E-state index contributed by atoms with van der Waals surface area (Å²) in [6, 6.07) is 4.45. The van der Waals surface area contributed by atoms with Crippen LogP contribution in [-0.2, 0) is 0 Å². The van der Waals surface area contributed by atoms with E-state index in [0.717, 1.165) is 21.4 Å². The molecular weight excluding hydrogens is 195 g/mol. The highest BCUT2D eigenvalue weighted by Crippen LogP contribution is 2.32. The Balaban J connectivity index is 2.88. The lowest BCUT2D eigenvalue weighted by Gasteiger charge is -1.95. The fourth-order valence-corrected chi connectivity index (χ4v) is 2.31. The van der Waals surface area contributed by atoms with Gasteiger partial charge < -0.3 is 5.11 Å². The molecule has 0 aliphatic heterocycles. The van der Waals surface area contributed by atoms with Crippen molar-refractivity contribution in [2.24, 2.45) is 0 Å². The summed E-state index contributed by atoms with van der Waals surface area (Å²) in [7, 11) is 0. The minimum absolute atomic E-state index is 0.120. The first-order chi connectivity index (χ1) is 5.66. The van der Waals surface area contributed by atoms with Crippen molar-refractivity contribution in [3.63, 3.8) is 0 Å². The summed E-state index contributed by atoms with van der Waals surface area (Å²) < 4.78 is 13.5. The van der Waals surface area contributed by atoms with Crippen LogP contribution in [0.25, 0.3) is 10.1 Å². The van der Waals surface area contributed by atoms with E-state index in [1.54, 1.807) is 0 Å². The van der Waals surface area contributed by atoms with E-state index in [1.165, 1.54) is 18.2 Å². The SMILES string of the molecule is Oc1cc(S)c2cc(F)sc2c1. The third-order valence-electron chi connectivity index (χ3n) is 1.57. The third-order valence-corrected chi connectivity index (χ3v) is 2.81. The molecule has 1 aromatic carbocycles. The molecule has 2 rings (SSSR count). The second-order valence-corrected chi connectivity index (χ2v) is 3.94. The highest BCUT2D eigenvalue weighted by atomic mass is 32.1. The average Bonchev–Trinajstić information content (AvgIpc) is 2.29. The Labute approximate surface area is 77.9 Å². The highest BCUT2D eigenvalue weighted by Gasteiger charge is 2.05. The van der Waals surface area contributed by atoms with Gasteiger partial charge in [-0.15, -0.1) is 24.0 Å². The Hall–Kier alpha value is -0.740. The smallest absolute Gasteiger partial charge is 0.177 e. The summed E-state index contributed by atoms with van der Waals surface area (Å²) in [6.45, 7) is 0. The molecule has 4 heteroatoms. The quantitative estimate of drug-likeness (QED) is 0.626. The number of thiophene rings is 1. The van der Waals surface area contributed by atoms with Gasteiger partial charge in [-0.1, -0.05) is 0 Å². The zero-order valence-corrected chi connectivity index (χ0v) is 7.62. The second kappa shape index (κ2) is 2.64. The van der Waals surface area contributed by atoms with Gasteiger partial charge in [-0.25, -0.2) is 0 Å². The summed E-state index contributed by atoms with van der Waals surface area (Å²) in [5, 5.41) is 9.65. The Kier molecular flexibility index (Phi) is 1.73. The van der Waals surface area contributed by atoms with Crippen molar-refractivity contribution in [1.82, 2.24) is 0 Å². The normalized spacial score (nSPS) is 10.8. The molecule has 0 amide bonds. The number of aromatic hydroxyl groups is 1. The van der Waals surface area contributed by atoms with Crippen LogP contribution in [0.2, 0.25) is 0 Å². The first kappa shape index (κ1) is 7.89. The van der Waals surface area contributed by atoms with E-state index in [4.69, 9.17) is 5.11 Å². The molecule has 0 spiro atoms. The second-order valence-electron chi connectivity index (χ2n) is 2.43. The number of rotatable bonds is 0. The summed E-state index contributed by atoms with van der Waals surface area (Å²) in [5.41, 5.74) is 0. The van der Waals surface area contributed by atoms with Gasteiger partial charge in [0.1, 0.15) is 5.75 Å². The van der Waals surface area contributed by atoms with Crippen LogP contribution < -0.4 is 0 Å². The number of hydrogen-bond acceptors (Lipinski definition) is 3. The number of hydrogen-bond donors (Lipinski definition) is 2. The average molecular weight is 200 g/mol. The van der Waals surface area contributed by atoms with Crippen molar-refractivity contribution in [3.8, 4) is 5.75 Å². The van der Waals surface area contributed by atoms with Crippen LogP contribution in [0, 0.1) is 5.13 Å². The van der Waals surface area contributed by atoms with Crippen LogP contribution in [0.1, 0.15) is 0 Å². The molecule has 1 heterocycles. The first-order valence-corrected chi connectivity index (χ1v) is 4.54. The maximum Gasteiger partial charge on any atom is 0.177 e. The standard InChI is InChI=1S/C8H5FOS2/c9-8-3-5-6(11)1-4(10)2-7(5)12-8/h1-3,10-11H. The molecular formula is C8H5FOS2. The van der Waals surface area contributed by atoms with E-state index in [1.807, 2.05) is 0 Å². The highest BCUT2D eigenvalue weighted by molar-refractivity contribution is 7.80. The van der Waals surface area contributed by atoms with Crippen molar-refractivity contribution in [3.05, 3.63) is 23.3 Å². The molecule has 1 nitrogen and oxygen atoms in total. The molecule has 2 aromatic rings. The molecule has 1 aromatic heterocycles. The Morgan fingerprint density at radius 1 is 1.33 bits per heavy atom. The van der Waals surface area contributed by atoms with E-state index in [0.29, 0.717) is 4.90 Å². The molecule has 0 fully saturated rings. The summed E-state index contributed by atoms with van der Waals surface area (Å²) in [5.74, 6) is 0.120. The van der Waals surface area contributed by atoms with Gasteiger partial charge in [0, 0.05) is 15.0 Å². The number of halogens is 1. The van der Waals surface area contributed by atoms with Gasteiger partial charge in [-0.3, -0.25) is 0 Å². The molecule has 12 heavy (non-hydrogen) atoms. The van der Waals surface area contributed by atoms with E-state index in [9.17, 15) is 4.39 Å². The van der Waals surface area contributed by atoms with E-state index in [-0.39, 0.29) is 10.9 Å². The van der Waals surface area contributed by atoms with Crippen molar-refractivity contribution in [1.29, 1.82) is 0 Å². The predicted molar refractivity (Wildman–Crippen MR) is 50.7 cm³/mol. The molecule has 0 radical (unpaired) electrons. The fraction of sp³-hybridized carbons (Fsp3) is 0. The maximum atomic E-state index is 12.7. The predicted octanol–water partition coefficient (Wildman–Crippen LogP) is 3.03. The zero-order valence-electron chi connectivity index (χ0n) is 5.91. The fourth-order valence-electron chi connectivity index (χ4n) is 1.08. The van der Waals surface area contributed by atoms with E-state index in [2.05, 4.69) is 12.6 Å². The maximum absolute atomic E-state index is 12.7. The Morgan fingerprint density at radius 3 is 2.83 bits per heavy atom. The molecule has 0 aliphatic rings. The van der Waals surface area contributed by atoms with Gasteiger partial charge in [0.05, 0.1) is 0 Å². The topological polar surface area (TPSA) is 20.2 Å². The molecule has 0 atom stereocenters. The number of phenolic OH excluding ortho intramolecular Hbond substituents is 1. The number of thiol groups is 1. The minimum Gasteiger partial charge on any atom is -0.508 e. The van der Waals surface area contributed by atoms with Crippen LogP contribution in [0.3, 0.4) is 0 Å². The van der Waals surface area contributed by atoms with Crippen LogP contribution >= 0.6 is 24.0 Å². The van der Waals surface area contributed by atoms with Gasteiger partial charge in [-0.2, -0.15) is 4.39 Å². The number of fused-ring (bicyclic) bond motifs is 1. The molecule has 0 unspecified atom stereocenters. The molecule has 62 valence electrons. The van der Waals surface area contributed by atoms with Gasteiger partial charge in [-0.05, 0) is 18.2 Å². The van der Waals surface area contributed by atoms with Gasteiger partial charge in [0.15, 0.2) is 5.13 Å². The summed E-state index contributed by atoms with van der Waals surface area (Å²) >= 11 is 5.12. The third kappa shape index (κ3) is 1.17. The van der Waals surface area contributed by atoms with E-state index < -0.39 is 0 Å². The van der Waals surface area contributed by atoms with Crippen molar-refractivity contribution in [2.45, 2.75) is 4.90 Å². The van der Waals surface area contributed by atoms with Crippen molar-refractivity contribution in [2.75, 3.05) is 0 Å². The Morgan fingerprint density at radius 2 is 2.08 bits per heavy atom. The molecule has 1 N–H and O–H groups in total. The van der Waals surface area contributed by atoms with Gasteiger partial charge in [0.25, 0.3) is 0 Å². The van der Waals surface area contributed by atoms with Crippen LogP contribution in [-0.4, -0.2) is 5.11 Å². The largest absolute Gasteiger partial charge is 0.508 e. The van der Waals surface area contributed by atoms with Crippen LogP contribution in [0.15, 0.2) is 23.1 Å². The molecule has 0 saturated heterocycles. The molecule has 0 bridgehead atoms. The summed E-state index contributed by atoms with van der Waals surface area (Å²) in [6.07, 6.45) is 0. The lowest BCUT2D eigenvalue weighted by atomic mass is 10.2. The zero-order chi connectivity index (χ0) is 8.72. The van der Waals surface area contributed by atoms with Gasteiger partial charge >= 0.3 is 0 Å². The van der Waals surface area contributed by atoms with E-state index >= 15 is 0 Å². The summed E-state index contributed by atoms with van der Waals surface area (Å²) in [4.78, 5) is 0.602. The molecule has 0 saturated carbocycles. The number of benzene rings is 1. The van der Waals surface area contributed by atoms with Gasteiger partial charge in [0.2, 0.25) is 0 Å². The molecule has 0 aliphatic carbocycles. The van der Waals surface area contributed by atoms with Crippen molar-refractivity contribution >= 4 is 34.1 Å². The van der Waals surface area contributed by atoms with Crippen molar-refractivity contribution < 1.29 is 9.50 Å².